The molecule has 1 aromatic carbocycles. The SMILES string of the molecule is Cc1nnsc1C(=O)Cc1cc(Cl)cc2c1OCC2. The van der Waals surface area contributed by atoms with Crippen molar-refractivity contribution in [2.24, 2.45) is 0 Å². The second-order valence-electron chi connectivity index (χ2n) is 4.44. The van der Waals surface area contributed by atoms with Crippen molar-refractivity contribution in [2.45, 2.75) is 19.8 Å². The van der Waals surface area contributed by atoms with Crippen LogP contribution in [0.1, 0.15) is 26.5 Å². The van der Waals surface area contributed by atoms with E-state index in [1.807, 2.05) is 6.07 Å². The van der Waals surface area contributed by atoms with E-state index in [-0.39, 0.29) is 12.2 Å². The lowest BCUT2D eigenvalue weighted by molar-refractivity contribution is 0.0995. The van der Waals surface area contributed by atoms with Crippen molar-refractivity contribution in [1.82, 2.24) is 9.59 Å². The summed E-state index contributed by atoms with van der Waals surface area (Å²) in [6.07, 6.45) is 1.12. The standard InChI is InChI=1S/C13H11ClN2O2S/c1-7-13(19-16-15-7)11(17)6-9-5-10(14)4-8-2-3-18-12(8)9/h4-5H,2-3,6H2,1H3. The molecule has 19 heavy (non-hydrogen) atoms. The topological polar surface area (TPSA) is 52.1 Å². The number of hydrogen-bond donors (Lipinski definition) is 0. The quantitative estimate of drug-likeness (QED) is 0.817. The molecule has 98 valence electrons. The van der Waals surface area contributed by atoms with Gasteiger partial charge in [-0.25, -0.2) is 0 Å². The van der Waals surface area contributed by atoms with Crippen LogP contribution in [0, 0.1) is 6.92 Å². The fraction of sp³-hybridized carbons (Fsp3) is 0.308. The molecule has 1 aromatic heterocycles. The van der Waals surface area contributed by atoms with Gasteiger partial charge in [0.25, 0.3) is 0 Å². The number of aromatic nitrogens is 2. The number of fused-ring (bicyclic) bond motifs is 1. The van der Waals surface area contributed by atoms with E-state index in [0.717, 1.165) is 34.8 Å². The van der Waals surface area contributed by atoms with E-state index in [4.69, 9.17) is 16.3 Å². The Morgan fingerprint density at radius 1 is 1.53 bits per heavy atom. The van der Waals surface area contributed by atoms with E-state index in [1.165, 1.54) is 0 Å². The smallest absolute Gasteiger partial charge is 0.180 e. The third-order valence-electron chi connectivity index (χ3n) is 3.08. The molecule has 0 amide bonds. The summed E-state index contributed by atoms with van der Waals surface area (Å²) in [7, 11) is 0. The zero-order chi connectivity index (χ0) is 13.4. The molecule has 0 saturated carbocycles. The van der Waals surface area contributed by atoms with E-state index in [0.29, 0.717) is 22.2 Å². The number of benzene rings is 1. The summed E-state index contributed by atoms with van der Waals surface area (Å²) in [5, 5.41) is 4.50. The molecule has 0 bridgehead atoms. The summed E-state index contributed by atoms with van der Waals surface area (Å²) in [5.41, 5.74) is 2.60. The monoisotopic (exact) mass is 294 g/mol. The summed E-state index contributed by atoms with van der Waals surface area (Å²) in [6.45, 7) is 2.44. The molecule has 0 unspecified atom stereocenters. The van der Waals surface area contributed by atoms with Crippen LogP contribution in [0.2, 0.25) is 5.02 Å². The minimum absolute atomic E-state index is 0.00691. The minimum atomic E-state index is 0.00691. The second kappa shape index (κ2) is 4.90. The first-order chi connectivity index (χ1) is 9.15. The van der Waals surface area contributed by atoms with Crippen LogP contribution >= 0.6 is 23.1 Å². The summed E-state index contributed by atoms with van der Waals surface area (Å²) >= 11 is 7.21. The number of carbonyl (C=O) groups is 1. The molecular weight excluding hydrogens is 284 g/mol. The molecule has 3 rings (SSSR count). The highest BCUT2D eigenvalue weighted by Gasteiger charge is 2.21. The van der Waals surface area contributed by atoms with Gasteiger partial charge in [0.15, 0.2) is 5.78 Å². The number of Topliss-reactive ketones (excluding diaryl/α,β-unsaturated/α-hetero) is 1. The predicted molar refractivity (Wildman–Crippen MR) is 73.3 cm³/mol. The van der Waals surface area contributed by atoms with Gasteiger partial charge in [-0.15, -0.1) is 5.10 Å². The zero-order valence-electron chi connectivity index (χ0n) is 10.3. The van der Waals surface area contributed by atoms with Crippen molar-refractivity contribution >= 4 is 28.9 Å². The Labute approximate surface area is 119 Å². The third-order valence-corrected chi connectivity index (χ3v) is 4.17. The first-order valence-electron chi connectivity index (χ1n) is 5.91. The van der Waals surface area contributed by atoms with Gasteiger partial charge in [-0.05, 0) is 36.2 Å². The number of hydrogen-bond acceptors (Lipinski definition) is 5. The molecule has 0 aliphatic carbocycles. The fourth-order valence-corrected chi connectivity index (χ4v) is 3.07. The van der Waals surface area contributed by atoms with Gasteiger partial charge in [0, 0.05) is 23.4 Å². The number of halogens is 1. The molecule has 6 heteroatoms. The maximum atomic E-state index is 12.2. The molecule has 0 fully saturated rings. The number of ketones is 1. The van der Waals surface area contributed by atoms with Gasteiger partial charge in [-0.3, -0.25) is 4.79 Å². The van der Waals surface area contributed by atoms with Crippen molar-refractivity contribution in [3.63, 3.8) is 0 Å². The minimum Gasteiger partial charge on any atom is -0.493 e. The van der Waals surface area contributed by atoms with Crippen LogP contribution in [0.15, 0.2) is 12.1 Å². The maximum Gasteiger partial charge on any atom is 0.180 e. The second-order valence-corrected chi connectivity index (χ2v) is 5.63. The average molecular weight is 295 g/mol. The van der Waals surface area contributed by atoms with E-state index in [1.54, 1.807) is 13.0 Å². The molecule has 0 atom stereocenters. The Kier molecular flexibility index (Phi) is 3.24. The van der Waals surface area contributed by atoms with Gasteiger partial charge in [-0.2, -0.15) is 0 Å². The van der Waals surface area contributed by atoms with Crippen molar-refractivity contribution in [1.29, 1.82) is 0 Å². The molecule has 2 heterocycles. The normalized spacial score (nSPS) is 13.2. The Bertz CT molecular complexity index is 654. The summed E-state index contributed by atoms with van der Waals surface area (Å²) < 4.78 is 9.38. The Morgan fingerprint density at radius 3 is 3.11 bits per heavy atom. The van der Waals surface area contributed by atoms with Gasteiger partial charge >= 0.3 is 0 Å². The number of ether oxygens (including phenoxy) is 1. The van der Waals surface area contributed by atoms with E-state index in [9.17, 15) is 4.79 Å². The van der Waals surface area contributed by atoms with Crippen LogP contribution in [-0.4, -0.2) is 22.0 Å². The van der Waals surface area contributed by atoms with Crippen molar-refractivity contribution in [2.75, 3.05) is 6.61 Å². The van der Waals surface area contributed by atoms with Crippen LogP contribution in [0.5, 0.6) is 5.75 Å². The number of nitrogens with zero attached hydrogens (tertiary/aromatic N) is 2. The lowest BCUT2D eigenvalue weighted by Gasteiger charge is -2.07. The molecule has 1 aliphatic rings. The van der Waals surface area contributed by atoms with Crippen molar-refractivity contribution < 1.29 is 9.53 Å². The zero-order valence-corrected chi connectivity index (χ0v) is 11.8. The van der Waals surface area contributed by atoms with Crippen LogP contribution in [0.3, 0.4) is 0 Å². The molecule has 0 radical (unpaired) electrons. The maximum absolute atomic E-state index is 12.2. The van der Waals surface area contributed by atoms with Gasteiger partial charge in [-0.1, -0.05) is 16.1 Å². The Balaban J connectivity index is 1.92. The van der Waals surface area contributed by atoms with Crippen LogP contribution in [-0.2, 0) is 12.8 Å². The lowest BCUT2D eigenvalue weighted by Crippen LogP contribution is -2.04. The predicted octanol–water partition coefficient (Wildman–Crippen LogP) is 2.86. The Morgan fingerprint density at radius 2 is 2.37 bits per heavy atom. The molecule has 0 N–H and O–H groups in total. The van der Waals surface area contributed by atoms with E-state index >= 15 is 0 Å². The van der Waals surface area contributed by atoms with E-state index in [2.05, 4.69) is 9.59 Å². The molecule has 4 nitrogen and oxygen atoms in total. The Hall–Kier alpha value is -1.46. The highest BCUT2D eigenvalue weighted by molar-refractivity contribution is 7.08. The van der Waals surface area contributed by atoms with Crippen LogP contribution in [0.25, 0.3) is 0 Å². The average Bonchev–Trinajstić information content (AvgIpc) is 2.97. The molecular formula is C13H11ClN2O2S. The first kappa shape index (κ1) is 12.6. The third kappa shape index (κ3) is 2.35. The van der Waals surface area contributed by atoms with Gasteiger partial charge in [0.2, 0.25) is 0 Å². The summed E-state index contributed by atoms with van der Waals surface area (Å²) in [4.78, 5) is 12.8. The molecule has 1 aliphatic heterocycles. The highest BCUT2D eigenvalue weighted by Crippen LogP contribution is 2.33. The van der Waals surface area contributed by atoms with Gasteiger partial charge in [0.05, 0.1) is 12.3 Å². The summed E-state index contributed by atoms with van der Waals surface area (Å²) in [6, 6.07) is 3.70. The van der Waals surface area contributed by atoms with Gasteiger partial charge < -0.3 is 4.74 Å². The lowest BCUT2D eigenvalue weighted by atomic mass is 10.0. The molecule has 0 saturated heterocycles. The summed E-state index contributed by atoms with van der Waals surface area (Å²) in [5.74, 6) is 0.820. The van der Waals surface area contributed by atoms with Gasteiger partial charge in [0.1, 0.15) is 10.6 Å². The molecule has 2 aromatic rings. The fourth-order valence-electron chi connectivity index (χ4n) is 2.22. The van der Waals surface area contributed by atoms with Crippen LogP contribution < -0.4 is 4.74 Å². The van der Waals surface area contributed by atoms with Crippen molar-refractivity contribution in [3.05, 3.63) is 38.9 Å². The number of carbonyl (C=O) groups excluding carboxylic acids is 1. The largest absolute Gasteiger partial charge is 0.493 e. The van der Waals surface area contributed by atoms with Crippen molar-refractivity contribution in [3.8, 4) is 5.75 Å². The highest BCUT2D eigenvalue weighted by atomic mass is 35.5. The molecule has 0 spiro atoms. The van der Waals surface area contributed by atoms with E-state index < -0.39 is 0 Å². The first-order valence-corrected chi connectivity index (χ1v) is 7.06. The number of rotatable bonds is 3. The number of aryl methyl sites for hydroxylation is 1. The van der Waals surface area contributed by atoms with Crippen LogP contribution in [0.4, 0.5) is 0 Å².